The summed E-state index contributed by atoms with van der Waals surface area (Å²) in [6, 6.07) is 14.0. The average Bonchev–Trinajstić information content (AvgIpc) is 2.92. The van der Waals surface area contributed by atoms with Gasteiger partial charge in [0.1, 0.15) is 5.82 Å². The fraction of sp³-hybridized carbons (Fsp3) is 0.167. The zero-order valence-corrected chi connectivity index (χ0v) is 12.0. The number of amides is 1. The second-order valence-corrected chi connectivity index (χ2v) is 5.61. The molecular formula is C18H15FN2O. The molecule has 0 fully saturated rings. The van der Waals surface area contributed by atoms with Crippen LogP contribution in [0.3, 0.4) is 0 Å². The molecule has 2 aromatic carbocycles. The fourth-order valence-electron chi connectivity index (χ4n) is 3.14. The van der Waals surface area contributed by atoms with Gasteiger partial charge in [-0.15, -0.1) is 0 Å². The lowest BCUT2D eigenvalue weighted by molar-refractivity contribution is 0.0734. The number of fused-ring (bicyclic) bond motifs is 3. The molecule has 1 aromatic heterocycles. The Balaban J connectivity index is 1.68. The molecule has 1 aliphatic heterocycles. The lowest BCUT2D eigenvalue weighted by Crippen LogP contribution is -2.35. The van der Waals surface area contributed by atoms with Gasteiger partial charge >= 0.3 is 0 Å². The molecule has 0 spiro atoms. The number of hydrogen-bond acceptors (Lipinski definition) is 1. The quantitative estimate of drug-likeness (QED) is 0.732. The molecule has 3 aromatic rings. The molecule has 3 nitrogen and oxygen atoms in total. The van der Waals surface area contributed by atoms with Crippen molar-refractivity contribution < 1.29 is 9.18 Å². The number of halogens is 1. The first kappa shape index (κ1) is 13.1. The summed E-state index contributed by atoms with van der Waals surface area (Å²) in [5, 5.41) is 1.16. The Morgan fingerprint density at radius 2 is 2.00 bits per heavy atom. The van der Waals surface area contributed by atoms with E-state index >= 15 is 0 Å². The number of aromatic amines is 1. The fourth-order valence-corrected chi connectivity index (χ4v) is 3.14. The number of rotatable bonds is 1. The molecule has 0 atom stereocenters. The van der Waals surface area contributed by atoms with Crippen molar-refractivity contribution in [1.29, 1.82) is 0 Å². The van der Waals surface area contributed by atoms with Crippen molar-refractivity contribution in [2.45, 2.75) is 13.0 Å². The second-order valence-electron chi connectivity index (χ2n) is 5.61. The van der Waals surface area contributed by atoms with Gasteiger partial charge in [-0.05, 0) is 24.3 Å². The zero-order valence-electron chi connectivity index (χ0n) is 12.0. The van der Waals surface area contributed by atoms with Crippen LogP contribution in [0.4, 0.5) is 4.39 Å². The van der Waals surface area contributed by atoms with Crippen molar-refractivity contribution in [3.8, 4) is 0 Å². The smallest absolute Gasteiger partial charge is 0.254 e. The summed E-state index contributed by atoms with van der Waals surface area (Å²) in [7, 11) is 0. The van der Waals surface area contributed by atoms with Gasteiger partial charge in [0.2, 0.25) is 0 Å². The molecule has 4 rings (SSSR count). The minimum atomic E-state index is -0.379. The topological polar surface area (TPSA) is 36.1 Å². The number of aromatic nitrogens is 1. The highest BCUT2D eigenvalue weighted by atomic mass is 19.1. The Morgan fingerprint density at radius 3 is 2.86 bits per heavy atom. The summed E-state index contributed by atoms with van der Waals surface area (Å²) < 4.78 is 13.3. The maximum absolute atomic E-state index is 13.3. The number of para-hydroxylation sites is 1. The van der Waals surface area contributed by atoms with Crippen LogP contribution >= 0.6 is 0 Å². The van der Waals surface area contributed by atoms with Gasteiger partial charge in [0.05, 0.1) is 0 Å². The van der Waals surface area contributed by atoms with Gasteiger partial charge < -0.3 is 9.88 Å². The molecule has 110 valence electrons. The summed E-state index contributed by atoms with van der Waals surface area (Å²) in [6.07, 6.45) is 0.797. The maximum atomic E-state index is 13.3. The molecule has 0 saturated carbocycles. The van der Waals surface area contributed by atoms with Crippen LogP contribution < -0.4 is 0 Å². The predicted octanol–water partition coefficient (Wildman–Crippen LogP) is 3.51. The van der Waals surface area contributed by atoms with E-state index in [1.807, 2.05) is 18.2 Å². The molecule has 1 aliphatic rings. The molecule has 2 heterocycles. The Bertz CT molecular complexity index is 868. The van der Waals surface area contributed by atoms with Crippen molar-refractivity contribution in [3.63, 3.8) is 0 Å². The SMILES string of the molecule is O=C(c1cccc(F)c1)N1CCc2[nH]c3ccccc3c2C1. The summed E-state index contributed by atoms with van der Waals surface area (Å²) in [6.45, 7) is 1.21. The number of hydrogen-bond donors (Lipinski definition) is 1. The number of carbonyl (C=O) groups is 1. The van der Waals surface area contributed by atoms with E-state index in [4.69, 9.17) is 0 Å². The number of carbonyl (C=O) groups excluding carboxylic acids is 1. The van der Waals surface area contributed by atoms with E-state index in [-0.39, 0.29) is 11.7 Å². The summed E-state index contributed by atoms with van der Waals surface area (Å²) in [4.78, 5) is 17.8. The number of benzene rings is 2. The maximum Gasteiger partial charge on any atom is 0.254 e. The first-order valence-electron chi connectivity index (χ1n) is 7.35. The Kier molecular flexibility index (Phi) is 2.96. The number of nitrogens with zero attached hydrogens (tertiary/aromatic N) is 1. The number of nitrogens with one attached hydrogen (secondary N) is 1. The highest BCUT2D eigenvalue weighted by molar-refractivity contribution is 5.95. The molecule has 0 saturated heterocycles. The van der Waals surface area contributed by atoms with Crippen LogP contribution in [-0.4, -0.2) is 22.3 Å². The van der Waals surface area contributed by atoms with Crippen molar-refractivity contribution in [3.05, 3.63) is 71.2 Å². The van der Waals surface area contributed by atoms with Gasteiger partial charge in [-0.3, -0.25) is 4.79 Å². The third-order valence-corrected chi connectivity index (χ3v) is 4.24. The lowest BCUT2D eigenvalue weighted by Gasteiger charge is -2.27. The minimum Gasteiger partial charge on any atom is -0.358 e. The monoisotopic (exact) mass is 294 g/mol. The summed E-state index contributed by atoms with van der Waals surface area (Å²) in [5.41, 5.74) is 3.88. The summed E-state index contributed by atoms with van der Waals surface area (Å²) in [5.74, 6) is -0.494. The Labute approximate surface area is 127 Å². The third-order valence-electron chi connectivity index (χ3n) is 4.24. The van der Waals surface area contributed by atoms with Gasteiger partial charge in [-0.1, -0.05) is 24.3 Å². The van der Waals surface area contributed by atoms with Gasteiger partial charge in [-0.25, -0.2) is 4.39 Å². The van der Waals surface area contributed by atoms with Gasteiger partial charge in [0.25, 0.3) is 5.91 Å². The third kappa shape index (κ3) is 2.08. The first-order chi connectivity index (χ1) is 10.7. The van der Waals surface area contributed by atoms with Crippen molar-refractivity contribution in [1.82, 2.24) is 9.88 Å². The van der Waals surface area contributed by atoms with E-state index in [9.17, 15) is 9.18 Å². The largest absolute Gasteiger partial charge is 0.358 e. The van der Waals surface area contributed by atoms with Crippen LogP contribution in [0.1, 0.15) is 21.6 Å². The minimum absolute atomic E-state index is 0.115. The van der Waals surface area contributed by atoms with E-state index < -0.39 is 0 Å². The molecule has 22 heavy (non-hydrogen) atoms. The molecule has 0 radical (unpaired) electrons. The molecular weight excluding hydrogens is 279 g/mol. The zero-order chi connectivity index (χ0) is 15.1. The highest BCUT2D eigenvalue weighted by Crippen LogP contribution is 2.28. The predicted molar refractivity (Wildman–Crippen MR) is 83.1 cm³/mol. The average molecular weight is 294 g/mol. The lowest BCUT2D eigenvalue weighted by atomic mass is 10.0. The Morgan fingerprint density at radius 1 is 1.14 bits per heavy atom. The van der Waals surface area contributed by atoms with Crippen LogP contribution in [0.5, 0.6) is 0 Å². The summed E-state index contributed by atoms with van der Waals surface area (Å²) >= 11 is 0. The van der Waals surface area contributed by atoms with Crippen LogP contribution in [0, 0.1) is 5.82 Å². The van der Waals surface area contributed by atoms with Gasteiger partial charge in [0.15, 0.2) is 0 Å². The van der Waals surface area contributed by atoms with E-state index in [0.29, 0.717) is 18.7 Å². The van der Waals surface area contributed by atoms with E-state index in [1.165, 1.54) is 23.4 Å². The molecule has 0 bridgehead atoms. The molecule has 1 N–H and O–H groups in total. The molecule has 1 amide bonds. The first-order valence-corrected chi connectivity index (χ1v) is 7.35. The second kappa shape index (κ2) is 4.98. The van der Waals surface area contributed by atoms with Crippen LogP contribution in [0.2, 0.25) is 0 Å². The normalized spacial score (nSPS) is 14.1. The van der Waals surface area contributed by atoms with Crippen LogP contribution in [0.25, 0.3) is 10.9 Å². The van der Waals surface area contributed by atoms with Crippen molar-refractivity contribution >= 4 is 16.8 Å². The van der Waals surface area contributed by atoms with E-state index in [1.54, 1.807) is 17.0 Å². The van der Waals surface area contributed by atoms with Crippen molar-refractivity contribution in [2.24, 2.45) is 0 Å². The van der Waals surface area contributed by atoms with E-state index in [0.717, 1.165) is 17.3 Å². The Hall–Kier alpha value is -2.62. The van der Waals surface area contributed by atoms with Crippen molar-refractivity contribution in [2.75, 3.05) is 6.54 Å². The van der Waals surface area contributed by atoms with Crippen LogP contribution in [-0.2, 0) is 13.0 Å². The van der Waals surface area contributed by atoms with E-state index in [2.05, 4.69) is 11.1 Å². The molecule has 0 unspecified atom stereocenters. The highest BCUT2D eigenvalue weighted by Gasteiger charge is 2.24. The molecule has 0 aliphatic carbocycles. The standard InChI is InChI=1S/C18H15FN2O/c19-13-5-3-4-12(10-13)18(22)21-9-8-17-15(11-21)14-6-1-2-7-16(14)20-17/h1-7,10,20H,8-9,11H2. The van der Waals surface area contributed by atoms with Gasteiger partial charge in [0, 0.05) is 47.2 Å². The number of H-pyrrole nitrogens is 1. The van der Waals surface area contributed by atoms with Gasteiger partial charge in [-0.2, -0.15) is 0 Å². The van der Waals surface area contributed by atoms with Crippen LogP contribution in [0.15, 0.2) is 48.5 Å². The molecule has 4 heteroatoms.